The van der Waals surface area contributed by atoms with Crippen molar-refractivity contribution in [2.24, 2.45) is 17.3 Å². The zero-order valence-electron chi connectivity index (χ0n) is 10.7. The first-order valence-corrected chi connectivity index (χ1v) is 5.83. The van der Waals surface area contributed by atoms with Crippen LogP contribution in [0.1, 0.15) is 27.2 Å². The van der Waals surface area contributed by atoms with Crippen LogP contribution in [0.25, 0.3) is 0 Å². The Hall–Kier alpha value is -1.23. The number of nitriles is 1. The van der Waals surface area contributed by atoms with Gasteiger partial charge in [0.15, 0.2) is 6.19 Å². The summed E-state index contributed by atoms with van der Waals surface area (Å²) in [6, 6.07) is 0. The summed E-state index contributed by atoms with van der Waals surface area (Å²) in [6.07, 6.45) is 5.10. The van der Waals surface area contributed by atoms with Gasteiger partial charge in [0.25, 0.3) is 0 Å². The second kappa shape index (κ2) is 4.74. The molecule has 0 spiro atoms. The molecule has 1 rings (SSSR count). The molecule has 1 fully saturated rings. The lowest BCUT2D eigenvalue weighted by Crippen LogP contribution is -2.21. The quantitative estimate of drug-likeness (QED) is 0.389. The molecule has 0 N–H and O–H groups in total. The normalized spacial score (nSPS) is 25.6. The molecule has 0 aliphatic heterocycles. The Kier molecular flexibility index (Phi) is 3.80. The Bertz CT molecular complexity index is 322. The van der Waals surface area contributed by atoms with E-state index in [-0.39, 0.29) is 0 Å². The molecule has 0 aromatic carbocycles. The molecule has 2 nitrogen and oxygen atoms in total. The van der Waals surface area contributed by atoms with E-state index in [4.69, 9.17) is 5.26 Å². The van der Waals surface area contributed by atoms with Crippen LogP contribution in [0.2, 0.25) is 0 Å². The van der Waals surface area contributed by atoms with E-state index in [1.54, 1.807) is 11.0 Å². The van der Waals surface area contributed by atoms with Crippen molar-refractivity contribution in [3.8, 4) is 6.19 Å². The number of allylic oxidation sites excluding steroid dienone is 1. The van der Waals surface area contributed by atoms with E-state index >= 15 is 0 Å². The molecule has 1 aliphatic carbocycles. The minimum Gasteiger partial charge on any atom is -0.307 e. The molecule has 88 valence electrons. The van der Waals surface area contributed by atoms with Crippen molar-refractivity contribution < 1.29 is 0 Å². The second-order valence-corrected chi connectivity index (χ2v) is 5.49. The third kappa shape index (κ3) is 2.66. The van der Waals surface area contributed by atoms with E-state index in [9.17, 15) is 0 Å². The van der Waals surface area contributed by atoms with Crippen molar-refractivity contribution in [2.45, 2.75) is 27.2 Å². The number of rotatable bonds is 6. The summed E-state index contributed by atoms with van der Waals surface area (Å²) in [5, 5.41) is 8.98. The lowest BCUT2D eigenvalue weighted by Gasteiger charge is -2.13. The highest BCUT2D eigenvalue weighted by molar-refractivity contribution is 5.11. The van der Waals surface area contributed by atoms with Gasteiger partial charge in [0.1, 0.15) is 0 Å². The van der Waals surface area contributed by atoms with E-state index in [2.05, 4.69) is 40.1 Å². The van der Waals surface area contributed by atoms with E-state index in [1.165, 1.54) is 5.57 Å². The number of hydrogen-bond donors (Lipinski definition) is 0. The maximum atomic E-state index is 8.98. The number of nitrogens with zero attached hydrogens (tertiary/aromatic N) is 2. The first kappa shape index (κ1) is 12.8. The van der Waals surface area contributed by atoms with Crippen LogP contribution >= 0.6 is 0 Å². The van der Waals surface area contributed by atoms with E-state index < -0.39 is 0 Å². The summed E-state index contributed by atoms with van der Waals surface area (Å²) in [7, 11) is 0. The molecule has 0 radical (unpaired) electrons. The average Bonchev–Trinajstić information content (AvgIpc) is 2.67. The third-order valence-corrected chi connectivity index (χ3v) is 3.76. The molecule has 0 saturated heterocycles. The van der Waals surface area contributed by atoms with Crippen LogP contribution in [0.3, 0.4) is 0 Å². The third-order valence-electron chi connectivity index (χ3n) is 3.76. The fourth-order valence-electron chi connectivity index (χ4n) is 2.55. The van der Waals surface area contributed by atoms with Crippen molar-refractivity contribution in [1.29, 1.82) is 5.26 Å². The molecule has 0 amide bonds. The van der Waals surface area contributed by atoms with Gasteiger partial charge in [-0.2, -0.15) is 5.26 Å². The molecule has 0 heterocycles. The molecule has 1 aliphatic rings. The topological polar surface area (TPSA) is 27.0 Å². The largest absolute Gasteiger partial charge is 0.307 e. The van der Waals surface area contributed by atoms with Crippen LogP contribution in [-0.4, -0.2) is 18.0 Å². The van der Waals surface area contributed by atoms with E-state index in [0.29, 0.717) is 23.8 Å². The lowest BCUT2D eigenvalue weighted by molar-refractivity contribution is 0.377. The highest BCUT2D eigenvalue weighted by Gasteiger charge is 2.57. The first-order valence-electron chi connectivity index (χ1n) is 5.83. The monoisotopic (exact) mass is 218 g/mol. The Balaban J connectivity index is 2.53. The van der Waals surface area contributed by atoms with Gasteiger partial charge in [-0.1, -0.05) is 25.5 Å². The molecule has 16 heavy (non-hydrogen) atoms. The summed E-state index contributed by atoms with van der Waals surface area (Å²) < 4.78 is 0. The van der Waals surface area contributed by atoms with E-state index in [0.717, 1.165) is 13.0 Å². The lowest BCUT2D eigenvalue weighted by atomic mass is 10.1. The molecule has 1 saturated carbocycles. The summed E-state index contributed by atoms with van der Waals surface area (Å²) in [4.78, 5) is 1.79. The highest BCUT2D eigenvalue weighted by Crippen LogP contribution is 2.60. The van der Waals surface area contributed by atoms with Crippen LogP contribution in [-0.2, 0) is 0 Å². The Morgan fingerprint density at radius 1 is 1.50 bits per heavy atom. The van der Waals surface area contributed by atoms with Gasteiger partial charge in [-0.25, -0.2) is 0 Å². The van der Waals surface area contributed by atoms with Gasteiger partial charge >= 0.3 is 0 Å². The fourth-order valence-corrected chi connectivity index (χ4v) is 2.55. The molecule has 0 unspecified atom stereocenters. The van der Waals surface area contributed by atoms with Gasteiger partial charge in [0, 0.05) is 13.1 Å². The predicted molar refractivity (Wildman–Crippen MR) is 67.6 cm³/mol. The molecule has 0 bridgehead atoms. The summed E-state index contributed by atoms with van der Waals surface area (Å²) >= 11 is 0. The van der Waals surface area contributed by atoms with Crippen molar-refractivity contribution in [1.82, 2.24) is 4.90 Å². The van der Waals surface area contributed by atoms with Crippen molar-refractivity contribution in [3.63, 3.8) is 0 Å². The second-order valence-electron chi connectivity index (χ2n) is 5.49. The van der Waals surface area contributed by atoms with E-state index in [1.807, 2.05) is 0 Å². The van der Waals surface area contributed by atoms with Crippen LogP contribution in [0.5, 0.6) is 0 Å². The summed E-state index contributed by atoms with van der Waals surface area (Å²) in [6.45, 7) is 15.8. The predicted octanol–water partition coefficient (Wildman–Crippen LogP) is 3.19. The van der Waals surface area contributed by atoms with Crippen LogP contribution in [0.15, 0.2) is 24.8 Å². The molecule has 2 heteroatoms. The summed E-state index contributed by atoms with van der Waals surface area (Å²) in [5.41, 5.74) is 1.60. The van der Waals surface area contributed by atoms with Crippen LogP contribution < -0.4 is 0 Å². The highest BCUT2D eigenvalue weighted by atomic mass is 15.1. The van der Waals surface area contributed by atoms with Crippen molar-refractivity contribution in [2.75, 3.05) is 13.1 Å². The van der Waals surface area contributed by atoms with Gasteiger partial charge in [0.05, 0.1) is 0 Å². The Morgan fingerprint density at radius 3 is 2.56 bits per heavy atom. The van der Waals surface area contributed by atoms with Gasteiger partial charge in [0.2, 0.25) is 0 Å². The molecule has 0 aromatic heterocycles. The van der Waals surface area contributed by atoms with Gasteiger partial charge < -0.3 is 4.90 Å². The van der Waals surface area contributed by atoms with Gasteiger partial charge in [-0.05, 0) is 30.6 Å². The molecule has 0 aromatic rings. The Morgan fingerprint density at radius 2 is 2.12 bits per heavy atom. The van der Waals surface area contributed by atoms with Gasteiger partial charge in [-0.3, -0.25) is 0 Å². The van der Waals surface area contributed by atoms with Crippen molar-refractivity contribution in [3.05, 3.63) is 24.8 Å². The maximum absolute atomic E-state index is 8.98. The maximum Gasteiger partial charge on any atom is 0.179 e. The van der Waals surface area contributed by atoms with Crippen LogP contribution in [0.4, 0.5) is 0 Å². The van der Waals surface area contributed by atoms with Gasteiger partial charge in [-0.15, -0.1) is 13.2 Å². The minimum atomic E-state index is 0.356. The average molecular weight is 218 g/mol. The Labute approximate surface area is 99.3 Å². The molecular weight excluding hydrogens is 196 g/mol. The SMILES string of the molecule is C=CCN(C#N)C[C@@H]1[C@H](CC(=C)C)C1(C)C. The molecular formula is C14H22N2. The summed E-state index contributed by atoms with van der Waals surface area (Å²) in [5.74, 6) is 1.30. The molecule has 2 atom stereocenters. The first-order chi connectivity index (χ1) is 7.43. The fraction of sp³-hybridized carbons (Fsp3) is 0.643. The van der Waals surface area contributed by atoms with Crippen LogP contribution in [0, 0.1) is 28.7 Å². The number of hydrogen-bond acceptors (Lipinski definition) is 2. The zero-order chi connectivity index (χ0) is 12.3. The smallest absolute Gasteiger partial charge is 0.179 e. The minimum absolute atomic E-state index is 0.356. The standard InChI is InChI=1S/C14H22N2/c1-6-7-16(10-15)9-13-12(8-11(2)3)14(13,4)5/h6,12-13H,1-2,7-9H2,3-5H3/t12-,13+/m0/s1. The van der Waals surface area contributed by atoms with Crippen molar-refractivity contribution >= 4 is 0 Å². The zero-order valence-corrected chi connectivity index (χ0v) is 10.7.